The highest BCUT2D eigenvalue weighted by atomic mass is 35.5. The molecule has 104 valence electrons. The number of hydrogen-bond acceptors (Lipinski definition) is 2. The molecule has 0 amide bonds. The fourth-order valence-electron chi connectivity index (χ4n) is 2.22. The first-order valence-corrected chi connectivity index (χ1v) is 7.29. The van der Waals surface area contributed by atoms with Crippen molar-refractivity contribution in [2.24, 2.45) is 5.92 Å². The Hall–Kier alpha value is -0.540. The van der Waals surface area contributed by atoms with Gasteiger partial charge in [-0.25, -0.2) is 0 Å². The Labute approximate surface area is 115 Å². The highest BCUT2D eigenvalue weighted by Crippen LogP contribution is 2.23. The van der Waals surface area contributed by atoms with Gasteiger partial charge in [0.1, 0.15) is 0 Å². The van der Waals surface area contributed by atoms with Gasteiger partial charge < -0.3 is 5.11 Å². The smallest absolute Gasteiger partial charge is 0.0849 e. The summed E-state index contributed by atoms with van der Waals surface area (Å²) in [5.41, 5.74) is 2.03. The number of aromatic nitrogens is 2. The molecule has 1 unspecified atom stereocenters. The molecule has 0 radical (unpaired) electrons. The number of aliphatic hydroxyl groups excluding tert-OH is 1. The molecule has 0 fully saturated rings. The first kappa shape index (κ1) is 15.5. The largest absolute Gasteiger partial charge is 0.393 e. The van der Waals surface area contributed by atoms with E-state index in [0.717, 1.165) is 48.6 Å². The van der Waals surface area contributed by atoms with Crippen molar-refractivity contribution in [1.29, 1.82) is 0 Å². The van der Waals surface area contributed by atoms with Gasteiger partial charge >= 0.3 is 0 Å². The maximum Gasteiger partial charge on any atom is 0.0849 e. The van der Waals surface area contributed by atoms with Gasteiger partial charge in [-0.15, -0.1) is 0 Å². The molecule has 0 aliphatic heterocycles. The van der Waals surface area contributed by atoms with E-state index in [2.05, 4.69) is 32.8 Å². The van der Waals surface area contributed by atoms with E-state index < -0.39 is 0 Å². The standard InChI is InChI=1S/C14H25ClN2O/c1-5-12-14(15)13(17(6-2)16-12)8-7-11(18)9-10(3)4/h10-11,18H,5-9H2,1-4H3. The van der Waals surface area contributed by atoms with Crippen LogP contribution in [-0.2, 0) is 19.4 Å². The molecule has 0 spiro atoms. The minimum atomic E-state index is -0.244. The summed E-state index contributed by atoms with van der Waals surface area (Å²) < 4.78 is 1.96. The van der Waals surface area contributed by atoms with Gasteiger partial charge in [0.05, 0.1) is 22.5 Å². The third-order valence-electron chi connectivity index (χ3n) is 3.15. The van der Waals surface area contributed by atoms with Crippen LogP contribution in [0.25, 0.3) is 0 Å². The minimum Gasteiger partial charge on any atom is -0.393 e. The lowest BCUT2D eigenvalue weighted by atomic mass is 10.0. The summed E-state index contributed by atoms with van der Waals surface area (Å²) in [6.45, 7) is 9.21. The number of aliphatic hydroxyl groups is 1. The summed E-state index contributed by atoms with van der Waals surface area (Å²) in [5, 5.41) is 15.2. The third-order valence-corrected chi connectivity index (χ3v) is 3.59. The van der Waals surface area contributed by atoms with Crippen molar-refractivity contribution in [3.05, 3.63) is 16.4 Å². The lowest BCUT2D eigenvalue weighted by Gasteiger charge is -2.13. The van der Waals surface area contributed by atoms with Crippen LogP contribution in [0.2, 0.25) is 5.02 Å². The molecule has 3 nitrogen and oxygen atoms in total. The Morgan fingerprint density at radius 2 is 2.00 bits per heavy atom. The van der Waals surface area contributed by atoms with E-state index >= 15 is 0 Å². The van der Waals surface area contributed by atoms with E-state index in [9.17, 15) is 5.11 Å². The minimum absolute atomic E-state index is 0.244. The Morgan fingerprint density at radius 1 is 1.33 bits per heavy atom. The molecule has 0 aliphatic rings. The number of halogens is 1. The number of nitrogens with zero attached hydrogens (tertiary/aromatic N) is 2. The quantitative estimate of drug-likeness (QED) is 0.825. The summed E-state index contributed by atoms with van der Waals surface area (Å²) in [7, 11) is 0. The normalized spacial score (nSPS) is 13.3. The average Bonchev–Trinajstić information content (AvgIpc) is 2.62. The molecule has 1 aromatic heterocycles. The van der Waals surface area contributed by atoms with Crippen LogP contribution < -0.4 is 0 Å². The number of hydrogen-bond donors (Lipinski definition) is 1. The predicted octanol–water partition coefficient (Wildman–Crippen LogP) is 3.46. The SMILES string of the molecule is CCc1nn(CC)c(CCC(O)CC(C)C)c1Cl. The molecule has 0 bridgehead atoms. The highest BCUT2D eigenvalue weighted by molar-refractivity contribution is 6.31. The molecule has 1 aromatic rings. The molecule has 1 atom stereocenters. The van der Waals surface area contributed by atoms with Crippen LogP contribution in [0.3, 0.4) is 0 Å². The third kappa shape index (κ3) is 3.99. The molecule has 1 rings (SSSR count). The summed E-state index contributed by atoms with van der Waals surface area (Å²) in [6, 6.07) is 0. The molecule has 0 aliphatic carbocycles. The second kappa shape index (κ2) is 7.15. The van der Waals surface area contributed by atoms with E-state index in [1.807, 2.05) is 4.68 Å². The van der Waals surface area contributed by atoms with Crippen LogP contribution in [0.1, 0.15) is 51.9 Å². The maximum absolute atomic E-state index is 9.93. The second-order valence-electron chi connectivity index (χ2n) is 5.20. The van der Waals surface area contributed by atoms with E-state index in [0.29, 0.717) is 5.92 Å². The van der Waals surface area contributed by atoms with E-state index in [1.165, 1.54) is 0 Å². The Kier molecular flexibility index (Phi) is 6.16. The zero-order valence-electron chi connectivity index (χ0n) is 11.9. The van der Waals surface area contributed by atoms with Gasteiger partial charge in [0.2, 0.25) is 0 Å². The van der Waals surface area contributed by atoms with Crippen LogP contribution in [-0.4, -0.2) is 21.0 Å². The molecule has 0 saturated carbocycles. The molecular weight excluding hydrogens is 248 g/mol. The fourth-order valence-corrected chi connectivity index (χ4v) is 2.58. The van der Waals surface area contributed by atoms with E-state index in [1.54, 1.807) is 0 Å². The molecular formula is C14H25ClN2O. The van der Waals surface area contributed by atoms with Gasteiger partial charge in [-0.3, -0.25) is 4.68 Å². The molecule has 0 saturated heterocycles. The zero-order chi connectivity index (χ0) is 13.7. The summed E-state index contributed by atoms with van der Waals surface area (Å²) in [5.74, 6) is 0.526. The van der Waals surface area contributed by atoms with Gasteiger partial charge in [0.15, 0.2) is 0 Å². The van der Waals surface area contributed by atoms with Gasteiger partial charge in [-0.2, -0.15) is 5.10 Å². The molecule has 4 heteroatoms. The predicted molar refractivity (Wildman–Crippen MR) is 76.1 cm³/mol. The summed E-state index contributed by atoms with van der Waals surface area (Å²) in [6.07, 6.45) is 3.01. The van der Waals surface area contributed by atoms with Crippen molar-refractivity contribution in [3.8, 4) is 0 Å². The molecule has 1 N–H and O–H groups in total. The lowest BCUT2D eigenvalue weighted by molar-refractivity contribution is 0.139. The van der Waals surface area contributed by atoms with Crippen molar-refractivity contribution in [3.63, 3.8) is 0 Å². The average molecular weight is 273 g/mol. The monoisotopic (exact) mass is 272 g/mol. The fraction of sp³-hybridized carbons (Fsp3) is 0.786. The van der Waals surface area contributed by atoms with Crippen molar-refractivity contribution in [2.45, 2.75) is 66.0 Å². The second-order valence-corrected chi connectivity index (χ2v) is 5.58. The number of rotatable bonds is 7. The summed E-state index contributed by atoms with van der Waals surface area (Å²) >= 11 is 6.33. The van der Waals surface area contributed by atoms with Crippen molar-refractivity contribution in [2.75, 3.05) is 0 Å². The van der Waals surface area contributed by atoms with E-state index in [-0.39, 0.29) is 6.10 Å². The Balaban J connectivity index is 2.69. The zero-order valence-corrected chi connectivity index (χ0v) is 12.7. The van der Waals surface area contributed by atoms with Crippen molar-refractivity contribution < 1.29 is 5.11 Å². The topological polar surface area (TPSA) is 38.0 Å². The molecule has 0 aromatic carbocycles. The molecule has 1 heterocycles. The van der Waals surface area contributed by atoms with E-state index in [4.69, 9.17) is 11.6 Å². The maximum atomic E-state index is 9.93. The van der Waals surface area contributed by atoms with Gasteiger partial charge in [0, 0.05) is 6.54 Å². The van der Waals surface area contributed by atoms with Crippen LogP contribution >= 0.6 is 11.6 Å². The van der Waals surface area contributed by atoms with Crippen LogP contribution in [0, 0.1) is 5.92 Å². The number of aryl methyl sites for hydroxylation is 2. The summed E-state index contributed by atoms with van der Waals surface area (Å²) in [4.78, 5) is 0. The van der Waals surface area contributed by atoms with Crippen LogP contribution in [0.15, 0.2) is 0 Å². The van der Waals surface area contributed by atoms with Crippen molar-refractivity contribution >= 4 is 11.6 Å². The van der Waals surface area contributed by atoms with Crippen molar-refractivity contribution in [1.82, 2.24) is 9.78 Å². The Morgan fingerprint density at radius 3 is 2.50 bits per heavy atom. The first-order valence-electron chi connectivity index (χ1n) is 6.91. The van der Waals surface area contributed by atoms with Crippen LogP contribution in [0.4, 0.5) is 0 Å². The van der Waals surface area contributed by atoms with Gasteiger partial charge in [-0.1, -0.05) is 32.4 Å². The van der Waals surface area contributed by atoms with Gasteiger partial charge in [0.25, 0.3) is 0 Å². The highest BCUT2D eigenvalue weighted by Gasteiger charge is 2.16. The lowest BCUT2D eigenvalue weighted by Crippen LogP contribution is -2.13. The van der Waals surface area contributed by atoms with Crippen LogP contribution in [0.5, 0.6) is 0 Å². The molecule has 18 heavy (non-hydrogen) atoms. The Bertz CT molecular complexity index is 374. The van der Waals surface area contributed by atoms with Gasteiger partial charge in [-0.05, 0) is 38.5 Å². The first-order chi connectivity index (χ1) is 8.49.